The molecule has 3 aromatic heterocycles. The fraction of sp³-hybridized carbons (Fsp3) is 0.280. The topological polar surface area (TPSA) is 104 Å². The van der Waals surface area contributed by atoms with E-state index in [1.807, 2.05) is 25.1 Å². The van der Waals surface area contributed by atoms with Gasteiger partial charge in [-0.25, -0.2) is 14.4 Å². The number of hydrogen-bond donors (Lipinski definition) is 3. The summed E-state index contributed by atoms with van der Waals surface area (Å²) in [6.07, 6.45) is 5.39. The SMILES string of the molecule is CCC(Nc1c(Cl)cnc2ccc(-c3cnc(C(C)(C)O)nc3)cc12)c1nc(CO)ccc1F. The molecule has 4 aromatic rings. The van der Waals surface area contributed by atoms with E-state index in [1.54, 1.807) is 32.4 Å². The first-order valence-corrected chi connectivity index (χ1v) is 11.2. The van der Waals surface area contributed by atoms with Crippen molar-refractivity contribution in [1.29, 1.82) is 0 Å². The summed E-state index contributed by atoms with van der Waals surface area (Å²) in [6.45, 7) is 4.89. The molecule has 0 saturated heterocycles. The average Bonchev–Trinajstić information content (AvgIpc) is 2.83. The zero-order valence-corrected chi connectivity index (χ0v) is 19.8. The number of hydrogen-bond acceptors (Lipinski definition) is 7. The molecule has 0 aliphatic rings. The second kappa shape index (κ2) is 9.58. The first-order valence-electron chi connectivity index (χ1n) is 10.9. The number of fused-ring (bicyclic) bond motifs is 1. The third-order valence-corrected chi connectivity index (χ3v) is 5.79. The van der Waals surface area contributed by atoms with E-state index in [-0.39, 0.29) is 12.3 Å². The van der Waals surface area contributed by atoms with Gasteiger partial charge in [0.25, 0.3) is 0 Å². The van der Waals surface area contributed by atoms with Crippen LogP contribution in [0.25, 0.3) is 22.0 Å². The molecule has 0 saturated carbocycles. The van der Waals surface area contributed by atoms with Gasteiger partial charge in [0.05, 0.1) is 40.3 Å². The van der Waals surface area contributed by atoms with Crippen LogP contribution in [0.1, 0.15) is 50.4 Å². The number of nitrogens with one attached hydrogen (secondary N) is 1. The molecule has 4 rings (SSSR count). The maximum atomic E-state index is 14.6. The van der Waals surface area contributed by atoms with Crippen molar-refractivity contribution < 1.29 is 14.6 Å². The molecule has 3 heterocycles. The monoisotopic (exact) mass is 481 g/mol. The first kappa shape index (κ1) is 23.9. The van der Waals surface area contributed by atoms with E-state index in [9.17, 15) is 14.6 Å². The standard InChI is InChI=1S/C25H25ClFN5O2/c1-4-20(23-19(27)7-6-16(13-33)31-23)32-22-17-9-14(5-8-21(17)28-12-18(22)26)15-10-29-24(30-11-15)25(2,3)34/h5-12,20,33-34H,4,13H2,1-3H3,(H,28,32). The molecule has 7 nitrogen and oxygen atoms in total. The van der Waals surface area contributed by atoms with Gasteiger partial charge in [-0.2, -0.15) is 0 Å². The number of pyridine rings is 2. The van der Waals surface area contributed by atoms with Gasteiger partial charge in [-0.3, -0.25) is 9.97 Å². The minimum absolute atomic E-state index is 0.210. The summed E-state index contributed by atoms with van der Waals surface area (Å²) in [5.41, 5.74) is 2.36. The fourth-order valence-electron chi connectivity index (χ4n) is 3.66. The van der Waals surface area contributed by atoms with E-state index in [0.29, 0.717) is 34.2 Å². The maximum Gasteiger partial charge on any atom is 0.159 e. The zero-order chi connectivity index (χ0) is 24.5. The molecule has 9 heteroatoms. The van der Waals surface area contributed by atoms with Crippen molar-refractivity contribution in [3.63, 3.8) is 0 Å². The largest absolute Gasteiger partial charge is 0.390 e. The van der Waals surface area contributed by atoms with Crippen LogP contribution in [0.2, 0.25) is 5.02 Å². The molecule has 34 heavy (non-hydrogen) atoms. The minimum atomic E-state index is -1.14. The van der Waals surface area contributed by atoms with Gasteiger partial charge in [0.2, 0.25) is 0 Å². The molecule has 1 aromatic carbocycles. The Kier molecular flexibility index (Phi) is 6.74. The molecule has 0 aliphatic heterocycles. The molecular formula is C25H25ClFN5O2. The summed E-state index contributed by atoms with van der Waals surface area (Å²) < 4.78 is 14.6. The van der Waals surface area contributed by atoms with Gasteiger partial charge >= 0.3 is 0 Å². The van der Waals surface area contributed by atoms with Crippen LogP contribution in [0.5, 0.6) is 0 Å². The Morgan fingerprint density at radius 3 is 2.44 bits per heavy atom. The van der Waals surface area contributed by atoms with Gasteiger partial charge in [-0.15, -0.1) is 0 Å². The Morgan fingerprint density at radius 2 is 1.79 bits per heavy atom. The van der Waals surface area contributed by atoms with Crippen LogP contribution in [-0.2, 0) is 12.2 Å². The number of aliphatic hydroxyl groups is 2. The van der Waals surface area contributed by atoms with E-state index in [0.717, 1.165) is 16.5 Å². The highest BCUT2D eigenvalue weighted by Crippen LogP contribution is 2.36. The van der Waals surface area contributed by atoms with Gasteiger partial charge < -0.3 is 15.5 Å². The highest BCUT2D eigenvalue weighted by Gasteiger charge is 2.21. The lowest BCUT2D eigenvalue weighted by atomic mass is 10.0. The Morgan fingerprint density at radius 1 is 1.06 bits per heavy atom. The van der Waals surface area contributed by atoms with Crippen LogP contribution in [0.3, 0.4) is 0 Å². The van der Waals surface area contributed by atoms with Crippen molar-refractivity contribution in [2.45, 2.75) is 45.4 Å². The number of rotatable bonds is 7. The third kappa shape index (κ3) is 4.84. The number of aliphatic hydroxyl groups excluding tert-OH is 1. The lowest BCUT2D eigenvalue weighted by Gasteiger charge is -2.21. The number of anilines is 1. The molecule has 176 valence electrons. The molecule has 3 N–H and O–H groups in total. The lowest BCUT2D eigenvalue weighted by Crippen LogP contribution is -2.19. The summed E-state index contributed by atoms with van der Waals surface area (Å²) in [7, 11) is 0. The predicted octanol–water partition coefficient (Wildman–Crippen LogP) is 5.16. The van der Waals surface area contributed by atoms with Gasteiger partial charge in [-0.05, 0) is 50.1 Å². The van der Waals surface area contributed by atoms with Crippen LogP contribution < -0.4 is 5.32 Å². The molecule has 0 aliphatic carbocycles. The number of benzene rings is 1. The lowest BCUT2D eigenvalue weighted by molar-refractivity contribution is 0.0687. The van der Waals surface area contributed by atoms with Crippen molar-refractivity contribution >= 4 is 28.2 Å². The van der Waals surface area contributed by atoms with Crippen LogP contribution in [0.4, 0.5) is 10.1 Å². The van der Waals surface area contributed by atoms with E-state index >= 15 is 0 Å². The Bertz CT molecular complexity index is 1330. The van der Waals surface area contributed by atoms with Crippen molar-refractivity contribution in [3.8, 4) is 11.1 Å². The van der Waals surface area contributed by atoms with Crippen molar-refractivity contribution in [3.05, 3.63) is 77.0 Å². The van der Waals surface area contributed by atoms with E-state index in [4.69, 9.17) is 11.6 Å². The molecule has 0 fully saturated rings. The predicted molar refractivity (Wildman–Crippen MR) is 130 cm³/mol. The third-order valence-electron chi connectivity index (χ3n) is 5.50. The summed E-state index contributed by atoms with van der Waals surface area (Å²) in [6, 6.07) is 7.96. The van der Waals surface area contributed by atoms with Gasteiger partial charge in [0.15, 0.2) is 5.82 Å². The smallest absolute Gasteiger partial charge is 0.159 e. The van der Waals surface area contributed by atoms with Crippen molar-refractivity contribution in [2.24, 2.45) is 0 Å². The van der Waals surface area contributed by atoms with Crippen LogP contribution in [0.15, 0.2) is 48.9 Å². The van der Waals surface area contributed by atoms with Crippen LogP contribution in [0, 0.1) is 5.82 Å². The summed E-state index contributed by atoms with van der Waals surface area (Å²) >= 11 is 6.53. The molecule has 1 unspecified atom stereocenters. The average molecular weight is 482 g/mol. The second-order valence-corrected chi connectivity index (χ2v) is 8.91. The minimum Gasteiger partial charge on any atom is -0.390 e. The second-order valence-electron chi connectivity index (χ2n) is 8.50. The molecule has 0 radical (unpaired) electrons. The molecule has 0 amide bonds. The van der Waals surface area contributed by atoms with Gasteiger partial charge in [0.1, 0.15) is 11.4 Å². The quantitative estimate of drug-likeness (QED) is 0.335. The summed E-state index contributed by atoms with van der Waals surface area (Å²) in [5, 5.41) is 24.0. The number of halogens is 2. The normalized spacial score (nSPS) is 12.7. The van der Waals surface area contributed by atoms with Gasteiger partial charge in [0, 0.05) is 29.5 Å². The molecular weight excluding hydrogens is 457 g/mol. The van der Waals surface area contributed by atoms with E-state index < -0.39 is 17.5 Å². The summed E-state index contributed by atoms with van der Waals surface area (Å²) in [5.74, 6) is -0.134. The molecule has 0 spiro atoms. The zero-order valence-electron chi connectivity index (χ0n) is 19.0. The van der Waals surface area contributed by atoms with Crippen molar-refractivity contribution in [2.75, 3.05) is 5.32 Å². The molecule has 0 bridgehead atoms. The highest BCUT2D eigenvalue weighted by molar-refractivity contribution is 6.34. The first-order chi connectivity index (χ1) is 16.2. The Balaban J connectivity index is 1.76. The van der Waals surface area contributed by atoms with E-state index in [1.165, 1.54) is 12.1 Å². The number of aromatic nitrogens is 4. The van der Waals surface area contributed by atoms with Crippen LogP contribution in [-0.4, -0.2) is 30.1 Å². The highest BCUT2D eigenvalue weighted by atomic mass is 35.5. The van der Waals surface area contributed by atoms with Gasteiger partial charge in [-0.1, -0.05) is 24.6 Å². The molecule has 1 atom stereocenters. The fourth-order valence-corrected chi connectivity index (χ4v) is 3.86. The van der Waals surface area contributed by atoms with Crippen LogP contribution >= 0.6 is 11.6 Å². The Labute approximate surface area is 201 Å². The maximum absolute atomic E-state index is 14.6. The van der Waals surface area contributed by atoms with Crippen molar-refractivity contribution in [1.82, 2.24) is 19.9 Å². The van der Waals surface area contributed by atoms with E-state index in [2.05, 4.69) is 25.3 Å². The number of nitrogens with zero attached hydrogens (tertiary/aromatic N) is 4. The Hall–Kier alpha value is -3.20. The summed E-state index contributed by atoms with van der Waals surface area (Å²) in [4.78, 5) is 17.3.